The first kappa shape index (κ1) is 20.8. The van der Waals surface area contributed by atoms with Crippen LogP contribution in [0.5, 0.6) is 0 Å². The van der Waals surface area contributed by atoms with Crippen molar-refractivity contribution < 1.29 is 8.42 Å². The van der Waals surface area contributed by atoms with Gasteiger partial charge in [0.05, 0.1) is 18.0 Å². The molecule has 31 heavy (non-hydrogen) atoms. The molecule has 2 fully saturated rings. The Hall–Kier alpha value is -2.09. The Balaban J connectivity index is 1.32. The Morgan fingerprint density at radius 2 is 1.61 bits per heavy atom. The van der Waals surface area contributed by atoms with Crippen LogP contribution in [0.3, 0.4) is 0 Å². The molecule has 1 aliphatic carbocycles. The summed E-state index contributed by atoms with van der Waals surface area (Å²) in [7, 11) is -3.66. The maximum atomic E-state index is 13.4. The molecule has 0 bridgehead atoms. The number of sulfonamides is 1. The van der Waals surface area contributed by atoms with Crippen molar-refractivity contribution in [2.24, 2.45) is 4.99 Å². The fourth-order valence-electron chi connectivity index (χ4n) is 4.57. The van der Waals surface area contributed by atoms with Crippen LogP contribution in [0.2, 0.25) is 5.02 Å². The van der Waals surface area contributed by atoms with Gasteiger partial charge in [-0.3, -0.25) is 9.89 Å². The van der Waals surface area contributed by atoms with E-state index in [0.717, 1.165) is 43.3 Å². The summed E-state index contributed by atoms with van der Waals surface area (Å²) < 4.78 is 28.3. The lowest BCUT2D eigenvalue weighted by molar-refractivity contribution is 0.0833. The zero-order chi connectivity index (χ0) is 21.4. The summed E-state index contributed by atoms with van der Waals surface area (Å²) in [5.41, 5.74) is 1.79. The molecule has 3 aliphatic rings. The second-order valence-electron chi connectivity index (χ2n) is 8.37. The topological polar surface area (TPSA) is 56.2 Å². The smallest absolute Gasteiger partial charge is 0.266 e. The lowest BCUT2D eigenvalue weighted by Crippen LogP contribution is -2.56. The van der Waals surface area contributed by atoms with Gasteiger partial charge < -0.3 is 4.90 Å². The summed E-state index contributed by atoms with van der Waals surface area (Å²) in [4.78, 5) is 9.53. The van der Waals surface area contributed by atoms with Gasteiger partial charge in [-0.15, -0.1) is 0 Å². The van der Waals surface area contributed by atoms with E-state index in [2.05, 4.69) is 14.8 Å². The lowest BCUT2D eigenvalue weighted by Gasteiger charge is -2.44. The molecule has 0 radical (unpaired) electrons. The third-order valence-electron chi connectivity index (χ3n) is 6.59. The number of halogens is 1. The van der Waals surface area contributed by atoms with E-state index >= 15 is 0 Å². The van der Waals surface area contributed by atoms with Gasteiger partial charge in [0.2, 0.25) is 5.96 Å². The van der Waals surface area contributed by atoms with Crippen molar-refractivity contribution in [3.05, 3.63) is 53.6 Å². The van der Waals surface area contributed by atoms with E-state index in [4.69, 9.17) is 11.6 Å². The van der Waals surface area contributed by atoms with Crippen LogP contribution in [0.4, 0.5) is 0 Å². The number of guanidine groups is 1. The first-order valence-electron chi connectivity index (χ1n) is 11.0. The van der Waals surface area contributed by atoms with Crippen molar-refractivity contribution in [2.45, 2.75) is 30.2 Å². The predicted octanol–water partition coefficient (Wildman–Crippen LogP) is 3.54. The molecule has 164 valence electrons. The summed E-state index contributed by atoms with van der Waals surface area (Å²) in [6.45, 7) is 4.51. The van der Waals surface area contributed by atoms with E-state index in [1.807, 2.05) is 36.4 Å². The molecule has 6 nitrogen and oxygen atoms in total. The summed E-state index contributed by atoms with van der Waals surface area (Å²) in [6, 6.07) is 15.3. The predicted molar refractivity (Wildman–Crippen MR) is 124 cm³/mol. The van der Waals surface area contributed by atoms with Crippen LogP contribution in [0.15, 0.2) is 58.4 Å². The molecule has 0 amide bonds. The molecule has 0 aromatic heterocycles. The molecule has 2 heterocycles. The third kappa shape index (κ3) is 3.95. The maximum absolute atomic E-state index is 13.4. The average molecular weight is 459 g/mol. The molecule has 0 N–H and O–H groups in total. The van der Waals surface area contributed by atoms with Gasteiger partial charge in [0.1, 0.15) is 0 Å². The van der Waals surface area contributed by atoms with Crippen LogP contribution >= 0.6 is 11.6 Å². The number of hydrogen-bond donors (Lipinski definition) is 0. The van der Waals surface area contributed by atoms with Crippen molar-refractivity contribution in [1.29, 1.82) is 0 Å². The lowest BCUT2D eigenvalue weighted by atomic mass is 9.91. The minimum Gasteiger partial charge on any atom is -0.339 e. The number of nitrogens with zero attached hydrogens (tertiary/aromatic N) is 4. The van der Waals surface area contributed by atoms with E-state index in [9.17, 15) is 8.42 Å². The van der Waals surface area contributed by atoms with E-state index in [1.165, 1.54) is 23.6 Å². The van der Waals surface area contributed by atoms with E-state index in [-0.39, 0.29) is 4.90 Å². The highest BCUT2D eigenvalue weighted by atomic mass is 35.5. The number of rotatable bonds is 4. The van der Waals surface area contributed by atoms with E-state index in [0.29, 0.717) is 24.1 Å². The molecule has 0 atom stereocenters. The molecule has 1 saturated carbocycles. The van der Waals surface area contributed by atoms with Crippen LogP contribution in [-0.2, 0) is 10.0 Å². The van der Waals surface area contributed by atoms with Crippen LogP contribution in [0.1, 0.15) is 19.3 Å². The van der Waals surface area contributed by atoms with Gasteiger partial charge in [-0.1, -0.05) is 48.4 Å². The first-order chi connectivity index (χ1) is 15.0. The number of piperazine rings is 1. The molecule has 2 aromatic carbocycles. The Morgan fingerprint density at radius 3 is 2.26 bits per heavy atom. The molecule has 0 spiro atoms. The van der Waals surface area contributed by atoms with Gasteiger partial charge in [-0.2, -0.15) is 0 Å². The molecule has 2 aliphatic heterocycles. The SMILES string of the molecule is O=S(=O)(c1ccc(-c2ccccc2Cl)cc1)N1CCN=C1N1CCN(C2CCC2)CC1. The summed E-state index contributed by atoms with van der Waals surface area (Å²) >= 11 is 6.29. The first-order valence-corrected chi connectivity index (χ1v) is 12.8. The van der Waals surface area contributed by atoms with Gasteiger partial charge in [-0.25, -0.2) is 12.7 Å². The highest BCUT2D eigenvalue weighted by Crippen LogP contribution is 2.30. The van der Waals surface area contributed by atoms with Crippen molar-refractivity contribution in [3.63, 3.8) is 0 Å². The molecule has 8 heteroatoms. The highest BCUT2D eigenvalue weighted by Gasteiger charge is 2.36. The zero-order valence-corrected chi connectivity index (χ0v) is 19.0. The second-order valence-corrected chi connectivity index (χ2v) is 10.6. The van der Waals surface area contributed by atoms with Crippen LogP contribution < -0.4 is 0 Å². The van der Waals surface area contributed by atoms with Crippen molar-refractivity contribution in [2.75, 3.05) is 39.3 Å². The monoisotopic (exact) mass is 458 g/mol. The van der Waals surface area contributed by atoms with Crippen molar-refractivity contribution in [3.8, 4) is 11.1 Å². The number of aliphatic imine (C=N–C) groups is 1. The Bertz CT molecular complexity index is 1080. The van der Waals surface area contributed by atoms with E-state index < -0.39 is 10.0 Å². The average Bonchev–Trinajstić information content (AvgIpc) is 3.24. The maximum Gasteiger partial charge on any atom is 0.266 e. The van der Waals surface area contributed by atoms with Crippen LogP contribution in [0, 0.1) is 0 Å². The van der Waals surface area contributed by atoms with Crippen molar-refractivity contribution >= 4 is 27.6 Å². The standard InChI is InChI=1S/C23H27ClN4O2S/c24-22-7-2-1-6-21(22)18-8-10-20(11-9-18)31(29,30)28-13-12-25-23(28)27-16-14-26(15-17-27)19-4-3-5-19/h1-2,6-11,19H,3-5,12-17H2. The summed E-state index contributed by atoms with van der Waals surface area (Å²) in [5.74, 6) is 0.600. The summed E-state index contributed by atoms with van der Waals surface area (Å²) in [6.07, 6.45) is 3.93. The fourth-order valence-corrected chi connectivity index (χ4v) is 6.26. The molecular formula is C23H27ClN4O2S. The van der Waals surface area contributed by atoms with Crippen molar-refractivity contribution in [1.82, 2.24) is 14.1 Å². The van der Waals surface area contributed by atoms with Gasteiger partial charge in [-0.05, 0) is 36.6 Å². The van der Waals surface area contributed by atoms with Gasteiger partial charge >= 0.3 is 0 Å². The van der Waals surface area contributed by atoms with Crippen LogP contribution in [-0.4, -0.2) is 73.8 Å². The number of benzene rings is 2. The van der Waals surface area contributed by atoms with E-state index in [1.54, 1.807) is 12.1 Å². The Kier molecular flexibility index (Phi) is 5.67. The summed E-state index contributed by atoms with van der Waals surface area (Å²) in [5, 5.41) is 0.646. The molecule has 5 rings (SSSR count). The fraction of sp³-hybridized carbons (Fsp3) is 0.435. The molecule has 0 unspecified atom stereocenters. The minimum absolute atomic E-state index is 0.283. The quantitative estimate of drug-likeness (QED) is 0.703. The molecular weight excluding hydrogens is 432 g/mol. The number of hydrogen-bond acceptors (Lipinski definition) is 5. The highest BCUT2D eigenvalue weighted by molar-refractivity contribution is 7.89. The second kappa shape index (κ2) is 8.45. The van der Waals surface area contributed by atoms with Gasteiger partial charge in [0, 0.05) is 42.8 Å². The Morgan fingerprint density at radius 1 is 0.903 bits per heavy atom. The Labute approximate surface area is 189 Å². The third-order valence-corrected chi connectivity index (χ3v) is 8.72. The van der Waals surface area contributed by atoms with Gasteiger partial charge in [0.25, 0.3) is 10.0 Å². The van der Waals surface area contributed by atoms with Crippen LogP contribution in [0.25, 0.3) is 11.1 Å². The molecule has 1 saturated heterocycles. The normalized spacial score (nSPS) is 20.6. The van der Waals surface area contributed by atoms with Gasteiger partial charge in [0.15, 0.2) is 0 Å². The molecule has 2 aromatic rings. The largest absolute Gasteiger partial charge is 0.339 e. The minimum atomic E-state index is -3.66. The zero-order valence-electron chi connectivity index (χ0n) is 17.5.